The Morgan fingerprint density at radius 3 is 2.76 bits per heavy atom. The second kappa shape index (κ2) is 11.0. The molecule has 2 saturated heterocycles. The number of H-pyrrole nitrogens is 1. The first kappa shape index (κ1) is 27.6. The van der Waals surface area contributed by atoms with E-state index in [0.29, 0.717) is 51.3 Å². The van der Waals surface area contributed by atoms with Gasteiger partial charge in [-0.3, -0.25) is 14.8 Å². The van der Waals surface area contributed by atoms with E-state index in [1.807, 2.05) is 13.1 Å². The van der Waals surface area contributed by atoms with Gasteiger partial charge in [0.2, 0.25) is 0 Å². The van der Waals surface area contributed by atoms with Crippen molar-refractivity contribution in [2.75, 3.05) is 51.8 Å². The Morgan fingerprint density at radius 2 is 2.02 bits per heavy atom. The number of aromatic amines is 1. The fourth-order valence-corrected chi connectivity index (χ4v) is 6.73. The second-order valence-electron chi connectivity index (χ2n) is 11.8. The minimum absolute atomic E-state index is 0.0650. The minimum Gasteiger partial charge on any atom is -0.462 e. The predicted molar refractivity (Wildman–Crippen MR) is 156 cm³/mol. The van der Waals surface area contributed by atoms with Gasteiger partial charge in [-0.15, -0.1) is 0 Å². The molecule has 0 bridgehead atoms. The lowest BCUT2D eigenvalue weighted by Crippen LogP contribution is -2.54. The summed E-state index contributed by atoms with van der Waals surface area (Å²) in [4.78, 5) is 30.7. The van der Waals surface area contributed by atoms with Crippen LogP contribution in [-0.4, -0.2) is 99.7 Å². The number of likely N-dealkylation sites (tertiary alicyclic amines) is 1. The van der Waals surface area contributed by atoms with E-state index in [-0.39, 0.29) is 12.1 Å². The number of piperazine rings is 1. The fourth-order valence-electron chi connectivity index (χ4n) is 6.73. The van der Waals surface area contributed by atoms with Crippen molar-refractivity contribution >= 4 is 22.6 Å². The molecule has 3 aliphatic rings. The number of benzene rings is 1. The minimum atomic E-state index is -0.923. The van der Waals surface area contributed by atoms with Crippen LogP contribution in [0.25, 0.3) is 10.9 Å². The Balaban J connectivity index is 1.35. The number of rotatable bonds is 6. The summed E-state index contributed by atoms with van der Waals surface area (Å²) in [6, 6.07) is 5.01. The van der Waals surface area contributed by atoms with Crippen LogP contribution < -0.4 is 9.64 Å². The summed E-state index contributed by atoms with van der Waals surface area (Å²) in [5, 5.41) is 8.54. The van der Waals surface area contributed by atoms with E-state index in [1.54, 1.807) is 0 Å². The standard InChI is InChI=1S/C30H39FN8O2/c1-18-8-9-24-22(14-32-35-24)27(18)26-13-25-23(16-37(26)5)28(34-30(33-25)41-17-21-7-6-10-36(21)4)39-12-11-38(15-19(39)2)29(40)20(3)31/h8-9,14,19,21,26H,3,6-7,10-13,15-17H2,1-2,4-5H3,(H,32,35)/t19-,21-,26?/m0/s1. The third kappa shape index (κ3) is 5.17. The number of amides is 1. The monoisotopic (exact) mass is 562 g/mol. The molecular formula is C30H39FN8O2. The molecule has 6 rings (SSSR count). The number of halogens is 1. The average Bonchev–Trinajstić information content (AvgIpc) is 3.59. The van der Waals surface area contributed by atoms with Crippen LogP contribution in [0.4, 0.5) is 10.2 Å². The molecule has 10 nitrogen and oxygen atoms in total. The molecule has 11 heteroatoms. The van der Waals surface area contributed by atoms with E-state index in [1.165, 1.54) is 22.4 Å². The smallest absolute Gasteiger partial charge is 0.318 e. The van der Waals surface area contributed by atoms with E-state index < -0.39 is 11.7 Å². The molecule has 1 unspecified atom stereocenters. The summed E-state index contributed by atoms with van der Waals surface area (Å²) in [5.41, 5.74) is 5.56. The normalized spacial score (nSPS) is 23.7. The number of carbonyl (C=O) groups is 1. The summed E-state index contributed by atoms with van der Waals surface area (Å²) in [5.74, 6) is -0.725. The van der Waals surface area contributed by atoms with Crippen molar-refractivity contribution in [2.24, 2.45) is 0 Å². The number of anilines is 1. The molecule has 1 amide bonds. The van der Waals surface area contributed by atoms with Gasteiger partial charge in [-0.2, -0.15) is 15.1 Å². The van der Waals surface area contributed by atoms with Crippen LogP contribution in [0, 0.1) is 6.92 Å². The van der Waals surface area contributed by atoms with E-state index in [4.69, 9.17) is 14.7 Å². The molecule has 3 atom stereocenters. The Hall–Kier alpha value is -3.57. The third-order valence-electron chi connectivity index (χ3n) is 9.09. The number of fused-ring (bicyclic) bond motifs is 2. The molecule has 0 aliphatic carbocycles. The molecular weight excluding hydrogens is 523 g/mol. The zero-order chi connectivity index (χ0) is 28.8. The van der Waals surface area contributed by atoms with Crippen LogP contribution in [0.5, 0.6) is 6.01 Å². The van der Waals surface area contributed by atoms with Crippen molar-refractivity contribution in [3.63, 3.8) is 0 Å². The lowest BCUT2D eigenvalue weighted by molar-refractivity contribution is -0.129. The molecule has 2 aromatic heterocycles. The van der Waals surface area contributed by atoms with Gasteiger partial charge in [0.25, 0.3) is 5.91 Å². The Labute approximate surface area is 240 Å². The number of hydrogen-bond donors (Lipinski definition) is 1. The molecule has 1 aromatic carbocycles. The van der Waals surface area contributed by atoms with Crippen molar-refractivity contribution in [1.29, 1.82) is 0 Å². The molecule has 1 N–H and O–H groups in total. The molecule has 3 aromatic rings. The quantitative estimate of drug-likeness (QED) is 0.457. The molecule has 0 saturated carbocycles. The maximum atomic E-state index is 13.6. The summed E-state index contributed by atoms with van der Waals surface area (Å²) >= 11 is 0. The first-order valence-corrected chi connectivity index (χ1v) is 14.5. The van der Waals surface area contributed by atoms with Crippen LogP contribution in [0.3, 0.4) is 0 Å². The third-order valence-corrected chi connectivity index (χ3v) is 9.09. The van der Waals surface area contributed by atoms with Gasteiger partial charge in [0.1, 0.15) is 12.4 Å². The Kier molecular flexibility index (Phi) is 7.41. The topological polar surface area (TPSA) is 93.7 Å². The van der Waals surface area contributed by atoms with Gasteiger partial charge in [-0.05, 0) is 64.5 Å². The number of nitrogens with zero attached hydrogens (tertiary/aromatic N) is 7. The van der Waals surface area contributed by atoms with Crippen molar-refractivity contribution in [3.8, 4) is 6.01 Å². The number of hydrogen-bond acceptors (Lipinski definition) is 8. The van der Waals surface area contributed by atoms with E-state index >= 15 is 0 Å². The molecule has 3 aliphatic heterocycles. The number of aryl methyl sites for hydroxylation is 1. The predicted octanol–water partition coefficient (Wildman–Crippen LogP) is 3.38. The van der Waals surface area contributed by atoms with Gasteiger partial charge in [0.05, 0.1) is 17.4 Å². The second-order valence-corrected chi connectivity index (χ2v) is 11.8. The van der Waals surface area contributed by atoms with Gasteiger partial charge in [0, 0.05) is 61.7 Å². The summed E-state index contributed by atoms with van der Waals surface area (Å²) in [6.07, 6.45) is 4.88. The fraction of sp³-hybridized carbons (Fsp3) is 0.533. The Bertz CT molecular complexity index is 1470. The van der Waals surface area contributed by atoms with Gasteiger partial charge in [0.15, 0.2) is 5.83 Å². The number of ether oxygens (including phenoxy) is 1. The van der Waals surface area contributed by atoms with Crippen LogP contribution >= 0.6 is 0 Å². The summed E-state index contributed by atoms with van der Waals surface area (Å²) < 4.78 is 19.9. The van der Waals surface area contributed by atoms with E-state index in [2.05, 4.69) is 64.6 Å². The average molecular weight is 563 g/mol. The van der Waals surface area contributed by atoms with Crippen molar-refractivity contribution < 1.29 is 13.9 Å². The van der Waals surface area contributed by atoms with Gasteiger partial charge >= 0.3 is 6.01 Å². The molecule has 218 valence electrons. The maximum Gasteiger partial charge on any atom is 0.318 e. The first-order valence-electron chi connectivity index (χ1n) is 14.5. The van der Waals surface area contributed by atoms with Crippen LogP contribution in [-0.2, 0) is 17.8 Å². The van der Waals surface area contributed by atoms with E-state index in [0.717, 1.165) is 40.9 Å². The number of aromatic nitrogens is 4. The zero-order valence-corrected chi connectivity index (χ0v) is 24.4. The van der Waals surface area contributed by atoms with Crippen LogP contribution in [0.15, 0.2) is 30.7 Å². The molecule has 2 fully saturated rings. The van der Waals surface area contributed by atoms with Crippen molar-refractivity contribution in [2.45, 2.75) is 57.8 Å². The highest BCUT2D eigenvalue weighted by atomic mass is 19.1. The van der Waals surface area contributed by atoms with Crippen molar-refractivity contribution in [1.82, 2.24) is 34.9 Å². The van der Waals surface area contributed by atoms with E-state index in [9.17, 15) is 9.18 Å². The van der Waals surface area contributed by atoms with Crippen LogP contribution in [0.1, 0.15) is 48.2 Å². The van der Waals surface area contributed by atoms with Gasteiger partial charge < -0.3 is 19.4 Å². The first-order chi connectivity index (χ1) is 19.7. The summed E-state index contributed by atoms with van der Waals surface area (Å²) in [7, 11) is 4.27. The largest absolute Gasteiger partial charge is 0.462 e. The highest BCUT2D eigenvalue weighted by Gasteiger charge is 2.36. The maximum absolute atomic E-state index is 13.6. The lowest BCUT2D eigenvalue weighted by Gasteiger charge is -2.43. The van der Waals surface area contributed by atoms with Gasteiger partial charge in [-0.1, -0.05) is 12.6 Å². The number of carbonyl (C=O) groups excluding carboxylic acids is 1. The molecule has 0 spiro atoms. The van der Waals surface area contributed by atoms with Crippen molar-refractivity contribution in [3.05, 3.63) is 53.1 Å². The number of likely N-dealkylation sites (N-methyl/N-ethyl adjacent to an activating group) is 2. The number of nitrogens with one attached hydrogen (secondary N) is 1. The summed E-state index contributed by atoms with van der Waals surface area (Å²) in [6.45, 7) is 11.0. The van der Waals surface area contributed by atoms with Gasteiger partial charge in [-0.25, -0.2) is 4.39 Å². The highest BCUT2D eigenvalue weighted by molar-refractivity contribution is 5.90. The Morgan fingerprint density at radius 1 is 1.20 bits per heavy atom. The zero-order valence-electron chi connectivity index (χ0n) is 24.4. The highest BCUT2D eigenvalue weighted by Crippen LogP contribution is 2.40. The lowest BCUT2D eigenvalue weighted by atomic mass is 9.89. The van der Waals surface area contributed by atoms with Crippen LogP contribution in [0.2, 0.25) is 0 Å². The molecule has 5 heterocycles. The molecule has 0 radical (unpaired) electrons. The SMILES string of the molecule is C=C(F)C(=O)N1CCN(c2nc(OC[C@@H]3CCCN3C)nc3c2CN(C)C(c2c(C)ccc4[nH]ncc24)C3)[C@@H](C)C1. The molecule has 41 heavy (non-hydrogen) atoms.